The molecule has 0 spiro atoms. The van der Waals surface area contributed by atoms with Crippen LogP contribution in [0.25, 0.3) is 11.5 Å². The number of hydrogen-bond donors (Lipinski definition) is 0. The lowest BCUT2D eigenvalue weighted by Gasteiger charge is -2.07. The van der Waals surface area contributed by atoms with E-state index in [4.69, 9.17) is 16.0 Å². The monoisotopic (exact) mass is 348 g/mol. The van der Waals surface area contributed by atoms with E-state index in [2.05, 4.69) is 25.7 Å². The van der Waals surface area contributed by atoms with Crippen molar-refractivity contribution in [3.63, 3.8) is 0 Å². The van der Waals surface area contributed by atoms with Crippen molar-refractivity contribution in [3.05, 3.63) is 35.1 Å². The lowest BCUT2D eigenvalue weighted by atomic mass is 10.2. The Morgan fingerprint density at radius 2 is 2.17 bits per heavy atom. The molecule has 1 aromatic carbocycles. The highest BCUT2D eigenvalue weighted by atomic mass is 35.5. The Morgan fingerprint density at radius 3 is 2.96 bits per heavy atom. The normalized spacial score (nSPS) is 15.7. The molecule has 1 atom stereocenters. The minimum absolute atomic E-state index is 0.0262. The highest BCUT2D eigenvalue weighted by Gasteiger charge is 2.30. The first-order valence-electron chi connectivity index (χ1n) is 7.24. The number of hydrogen-bond acceptors (Lipinski definition) is 7. The van der Waals surface area contributed by atoms with Crippen molar-refractivity contribution in [2.45, 2.75) is 36.3 Å². The smallest absolute Gasteiger partial charge is 0.277 e. The van der Waals surface area contributed by atoms with Crippen LogP contribution in [0.15, 0.2) is 33.9 Å². The van der Waals surface area contributed by atoms with Crippen molar-refractivity contribution in [2.24, 2.45) is 0 Å². The molecule has 3 aromatic rings. The number of aromatic nitrogens is 6. The van der Waals surface area contributed by atoms with Crippen molar-refractivity contribution in [2.75, 3.05) is 0 Å². The van der Waals surface area contributed by atoms with Crippen molar-refractivity contribution in [1.82, 2.24) is 30.4 Å². The van der Waals surface area contributed by atoms with E-state index in [0.717, 1.165) is 24.2 Å². The summed E-state index contributed by atoms with van der Waals surface area (Å²) in [5, 5.41) is 21.3. The Labute approximate surface area is 141 Å². The molecular formula is C14H13ClN6OS. The van der Waals surface area contributed by atoms with E-state index in [1.807, 2.05) is 23.7 Å². The predicted molar refractivity (Wildman–Crippen MR) is 85.1 cm³/mol. The molecule has 0 saturated heterocycles. The highest BCUT2D eigenvalue weighted by molar-refractivity contribution is 7.99. The van der Waals surface area contributed by atoms with Crippen molar-refractivity contribution in [1.29, 1.82) is 0 Å². The zero-order valence-electron chi connectivity index (χ0n) is 12.3. The molecule has 0 radical (unpaired) electrons. The van der Waals surface area contributed by atoms with Gasteiger partial charge in [0, 0.05) is 10.6 Å². The zero-order valence-corrected chi connectivity index (χ0v) is 13.8. The fourth-order valence-electron chi connectivity index (χ4n) is 2.25. The number of nitrogens with zero attached hydrogens (tertiary/aromatic N) is 6. The molecule has 118 valence electrons. The minimum Gasteiger partial charge on any atom is -0.411 e. The fraction of sp³-hybridized carbons (Fsp3) is 0.357. The average molecular weight is 349 g/mol. The first kappa shape index (κ1) is 14.6. The zero-order chi connectivity index (χ0) is 15.8. The van der Waals surface area contributed by atoms with Crippen molar-refractivity contribution in [3.8, 4) is 11.5 Å². The molecule has 1 aliphatic rings. The number of tetrazole rings is 1. The van der Waals surface area contributed by atoms with Crippen LogP contribution >= 0.6 is 23.4 Å². The SMILES string of the molecule is C[C@@H](Sc1nnc(-c2cccc(Cl)c2)o1)c1nnnn1C1CC1. The van der Waals surface area contributed by atoms with E-state index in [1.165, 1.54) is 11.8 Å². The lowest BCUT2D eigenvalue weighted by Crippen LogP contribution is -2.05. The fourth-order valence-corrected chi connectivity index (χ4v) is 3.22. The molecule has 9 heteroatoms. The molecule has 2 aromatic heterocycles. The van der Waals surface area contributed by atoms with Crippen LogP contribution in [-0.2, 0) is 0 Å². The number of thioether (sulfide) groups is 1. The maximum atomic E-state index is 5.99. The van der Waals surface area contributed by atoms with Gasteiger partial charge in [-0.3, -0.25) is 0 Å². The molecule has 0 bridgehead atoms. The van der Waals surface area contributed by atoms with Crippen molar-refractivity contribution >= 4 is 23.4 Å². The van der Waals surface area contributed by atoms with Gasteiger partial charge < -0.3 is 4.42 Å². The molecule has 7 nitrogen and oxygen atoms in total. The molecule has 1 saturated carbocycles. The first-order chi connectivity index (χ1) is 11.2. The third-order valence-corrected chi connectivity index (χ3v) is 4.70. The van der Waals surface area contributed by atoms with Gasteiger partial charge in [-0.1, -0.05) is 29.4 Å². The molecule has 0 unspecified atom stereocenters. The van der Waals surface area contributed by atoms with Gasteiger partial charge in [0.1, 0.15) is 0 Å². The molecule has 23 heavy (non-hydrogen) atoms. The quantitative estimate of drug-likeness (QED) is 0.652. The van der Waals surface area contributed by atoms with Gasteiger partial charge in [-0.05, 0) is 48.4 Å². The molecule has 4 rings (SSSR count). The number of rotatable bonds is 5. The standard InChI is InChI=1S/C14H13ClN6OS/c1-8(12-16-19-20-21(12)11-5-6-11)23-14-18-17-13(22-14)9-3-2-4-10(15)7-9/h2-4,7-8,11H,5-6H2,1H3/t8-/m1/s1. The summed E-state index contributed by atoms with van der Waals surface area (Å²) in [6.07, 6.45) is 2.27. The summed E-state index contributed by atoms with van der Waals surface area (Å²) < 4.78 is 7.61. The van der Waals surface area contributed by atoms with E-state index in [-0.39, 0.29) is 5.25 Å². The second kappa shape index (κ2) is 5.93. The Hall–Kier alpha value is -1.93. The highest BCUT2D eigenvalue weighted by Crippen LogP contribution is 2.39. The third kappa shape index (κ3) is 3.09. The average Bonchev–Trinajstić information content (AvgIpc) is 3.09. The van der Waals surface area contributed by atoms with E-state index in [1.54, 1.807) is 12.1 Å². The maximum Gasteiger partial charge on any atom is 0.277 e. The lowest BCUT2D eigenvalue weighted by molar-refractivity contribution is 0.464. The van der Waals surface area contributed by atoms with Gasteiger partial charge in [-0.15, -0.1) is 15.3 Å². The molecular weight excluding hydrogens is 336 g/mol. The van der Waals surface area contributed by atoms with Crippen LogP contribution in [0.4, 0.5) is 0 Å². The Morgan fingerprint density at radius 1 is 1.30 bits per heavy atom. The summed E-state index contributed by atoms with van der Waals surface area (Å²) in [5.74, 6) is 1.28. The van der Waals surface area contributed by atoms with Gasteiger partial charge in [-0.25, -0.2) is 4.68 Å². The minimum atomic E-state index is 0.0262. The van der Waals surface area contributed by atoms with E-state index >= 15 is 0 Å². The molecule has 0 amide bonds. The Kier molecular flexibility index (Phi) is 3.78. The van der Waals surface area contributed by atoms with Crippen LogP contribution in [0.3, 0.4) is 0 Å². The van der Waals surface area contributed by atoms with Crippen LogP contribution in [0, 0.1) is 0 Å². The Bertz CT molecular complexity index is 830. The van der Waals surface area contributed by atoms with Gasteiger partial charge in [0.2, 0.25) is 5.89 Å². The molecule has 0 N–H and O–H groups in total. The Balaban J connectivity index is 1.52. The van der Waals surface area contributed by atoms with E-state index in [9.17, 15) is 0 Å². The third-order valence-electron chi connectivity index (χ3n) is 3.53. The molecule has 0 aliphatic heterocycles. The summed E-state index contributed by atoms with van der Waals surface area (Å²) in [5.41, 5.74) is 0.798. The van der Waals surface area contributed by atoms with Crippen LogP contribution in [0.1, 0.15) is 36.9 Å². The van der Waals surface area contributed by atoms with Gasteiger partial charge in [0.05, 0.1) is 11.3 Å². The van der Waals surface area contributed by atoms with Crippen LogP contribution < -0.4 is 0 Å². The van der Waals surface area contributed by atoms with Gasteiger partial charge >= 0.3 is 0 Å². The van der Waals surface area contributed by atoms with Crippen LogP contribution in [0.5, 0.6) is 0 Å². The second-order valence-corrected chi connectivity index (χ2v) is 7.08. The van der Waals surface area contributed by atoms with Crippen molar-refractivity contribution < 1.29 is 4.42 Å². The molecule has 1 fully saturated rings. The van der Waals surface area contributed by atoms with Gasteiger partial charge in [0.15, 0.2) is 5.82 Å². The predicted octanol–water partition coefficient (Wildman–Crippen LogP) is 3.56. The van der Waals surface area contributed by atoms with Gasteiger partial charge in [-0.2, -0.15) is 0 Å². The summed E-state index contributed by atoms with van der Waals surface area (Å²) in [6.45, 7) is 2.03. The summed E-state index contributed by atoms with van der Waals surface area (Å²) >= 11 is 7.43. The first-order valence-corrected chi connectivity index (χ1v) is 8.50. The van der Waals surface area contributed by atoms with E-state index in [0.29, 0.717) is 22.2 Å². The maximum absolute atomic E-state index is 5.99. The molecule has 2 heterocycles. The van der Waals surface area contributed by atoms with Gasteiger partial charge in [0.25, 0.3) is 5.22 Å². The number of halogens is 1. The number of benzene rings is 1. The van der Waals surface area contributed by atoms with Crippen LogP contribution in [0.2, 0.25) is 5.02 Å². The largest absolute Gasteiger partial charge is 0.411 e. The topological polar surface area (TPSA) is 82.5 Å². The van der Waals surface area contributed by atoms with E-state index < -0.39 is 0 Å². The summed E-state index contributed by atoms with van der Waals surface area (Å²) in [6, 6.07) is 7.76. The summed E-state index contributed by atoms with van der Waals surface area (Å²) in [4.78, 5) is 0. The second-order valence-electron chi connectivity index (χ2n) is 5.36. The van der Waals surface area contributed by atoms with Crippen LogP contribution in [-0.4, -0.2) is 30.4 Å². The summed E-state index contributed by atoms with van der Waals surface area (Å²) in [7, 11) is 0. The molecule has 1 aliphatic carbocycles.